The maximum Gasteiger partial charge on any atom is 0.263 e. The number of nitrogens with zero attached hydrogens (tertiary/aromatic N) is 3. The first-order valence-electron chi connectivity index (χ1n) is 10.1. The monoisotopic (exact) mass is 410 g/mol. The number of aryl methyl sites for hydroxylation is 2. The van der Waals surface area contributed by atoms with Gasteiger partial charge in [0.25, 0.3) is 5.56 Å². The number of amides is 1. The minimum atomic E-state index is -0.177. The van der Waals surface area contributed by atoms with Crippen molar-refractivity contribution in [2.24, 2.45) is 0 Å². The summed E-state index contributed by atoms with van der Waals surface area (Å²) >= 11 is 1.56. The van der Waals surface area contributed by atoms with Crippen molar-refractivity contribution in [3.63, 3.8) is 0 Å². The van der Waals surface area contributed by atoms with Gasteiger partial charge in [0, 0.05) is 11.4 Å². The summed E-state index contributed by atoms with van der Waals surface area (Å²) in [7, 11) is 0. The van der Waals surface area contributed by atoms with Gasteiger partial charge in [-0.05, 0) is 50.9 Å². The van der Waals surface area contributed by atoms with E-state index in [-0.39, 0.29) is 18.0 Å². The van der Waals surface area contributed by atoms with E-state index in [9.17, 15) is 9.59 Å². The van der Waals surface area contributed by atoms with Gasteiger partial charge < -0.3 is 5.32 Å². The van der Waals surface area contributed by atoms with Gasteiger partial charge in [-0.15, -0.1) is 11.3 Å². The SMILES string of the molecule is Cc1sc2nc(CN3CCCC3)n(CC(=O)NCc3ccccc3)c(=O)c2c1C. The average molecular weight is 411 g/mol. The Hall–Kier alpha value is -2.51. The summed E-state index contributed by atoms with van der Waals surface area (Å²) in [5.41, 5.74) is 1.89. The van der Waals surface area contributed by atoms with Gasteiger partial charge in [-0.2, -0.15) is 0 Å². The van der Waals surface area contributed by atoms with Crippen LogP contribution in [0, 0.1) is 13.8 Å². The molecule has 4 rings (SSSR count). The van der Waals surface area contributed by atoms with Crippen LogP contribution in [0.25, 0.3) is 10.2 Å². The van der Waals surface area contributed by atoms with Crippen molar-refractivity contribution in [2.75, 3.05) is 13.1 Å². The molecule has 1 fully saturated rings. The first-order chi connectivity index (χ1) is 14.0. The van der Waals surface area contributed by atoms with Gasteiger partial charge in [0.1, 0.15) is 17.2 Å². The van der Waals surface area contributed by atoms with Crippen molar-refractivity contribution < 1.29 is 4.79 Å². The number of likely N-dealkylation sites (tertiary alicyclic amines) is 1. The predicted octanol–water partition coefficient (Wildman–Crippen LogP) is 2.99. The van der Waals surface area contributed by atoms with E-state index in [4.69, 9.17) is 4.98 Å². The van der Waals surface area contributed by atoms with E-state index in [1.165, 1.54) is 12.8 Å². The zero-order valence-corrected chi connectivity index (χ0v) is 17.7. The van der Waals surface area contributed by atoms with E-state index in [0.717, 1.165) is 33.9 Å². The molecule has 0 saturated carbocycles. The molecular formula is C22H26N4O2S. The molecule has 1 saturated heterocycles. The van der Waals surface area contributed by atoms with E-state index in [0.29, 0.717) is 24.3 Å². The minimum absolute atomic E-state index is 0.00782. The molecule has 0 atom stereocenters. The number of hydrogen-bond acceptors (Lipinski definition) is 5. The van der Waals surface area contributed by atoms with Crippen molar-refractivity contribution >= 4 is 27.5 Å². The molecule has 0 spiro atoms. The summed E-state index contributed by atoms with van der Waals surface area (Å²) in [6.45, 7) is 7.03. The van der Waals surface area contributed by atoms with Crippen molar-refractivity contribution in [3.8, 4) is 0 Å². The molecule has 0 unspecified atom stereocenters. The van der Waals surface area contributed by atoms with Gasteiger partial charge in [0.2, 0.25) is 5.91 Å². The first kappa shape index (κ1) is 19.8. The Bertz CT molecular complexity index is 1080. The van der Waals surface area contributed by atoms with Crippen LogP contribution in [0.5, 0.6) is 0 Å². The topological polar surface area (TPSA) is 67.2 Å². The summed E-state index contributed by atoms with van der Waals surface area (Å²) in [5.74, 6) is 0.505. The van der Waals surface area contributed by atoms with Crippen molar-refractivity contribution in [1.82, 2.24) is 19.8 Å². The fourth-order valence-electron chi connectivity index (χ4n) is 3.79. The third-order valence-electron chi connectivity index (χ3n) is 5.57. The highest BCUT2D eigenvalue weighted by molar-refractivity contribution is 7.18. The number of hydrogen-bond donors (Lipinski definition) is 1. The van der Waals surface area contributed by atoms with Crippen LogP contribution in [0.15, 0.2) is 35.1 Å². The second-order valence-electron chi connectivity index (χ2n) is 7.63. The van der Waals surface area contributed by atoms with E-state index < -0.39 is 0 Å². The molecule has 152 valence electrons. The maximum absolute atomic E-state index is 13.3. The average Bonchev–Trinajstić information content (AvgIpc) is 3.32. The van der Waals surface area contributed by atoms with Crippen LogP contribution in [0.3, 0.4) is 0 Å². The molecule has 3 aromatic rings. The van der Waals surface area contributed by atoms with Gasteiger partial charge in [0.15, 0.2) is 0 Å². The molecule has 0 aliphatic carbocycles. The molecule has 29 heavy (non-hydrogen) atoms. The zero-order valence-electron chi connectivity index (χ0n) is 16.9. The molecule has 1 amide bonds. The van der Waals surface area contributed by atoms with Gasteiger partial charge >= 0.3 is 0 Å². The minimum Gasteiger partial charge on any atom is -0.350 e. The van der Waals surface area contributed by atoms with Gasteiger partial charge in [-0.1, -0.05) is 30.3 Å². The summed E-state index contributed by atoms with van der Waals surface area (Å²) in [6.07, 6.45) is 2.34. The van der Waals surface area contributed by atoms with Crippen LogP contribution in [0.1, 0.15) is 34.7 Å². The fraction of sp³-hybridized carbons (Fsp3) is 0.409. The fourth-order valence-corrected chi connectivity index (χ4v) is 4.83. The lowest BCUT2D eigenvalue weighted by molar-refractivity contribution is -0.121. The largest absolute Gasteiger partial charge is 0.350 e. The molecule has 2 aromatic heterocycles. The Morgan fingerprint density at radius 3 is 2.62 bits per heavy atom. The first-order valence-corrected chi connectivity index (χ1v) is 10.9. The molecule has 0 radical (unpaired) electrons. The molecule has 0 bridgehead atoms. The number of nitrogens with one attached hydrogen (secondary N) is 1. The van der Waals surface area contributed by atoms with Gasteiger partial charge in [-0.3, -0.25) is 19.1 Å². The highest BCUT2D eigenvalue weighted by atomic mass is 32.1. The number of aromatic nitrogens is 2. The smallest absolute Gasteiger partial charge is 0.263 e. The number of carbonyl (C=O) groups excluding carboxylic acids is 1. The Morgan fingerprint density at radius 2 is 1.90 bits per heavy atom. The normalized spacial score (nSPS) is 14.6. The Labute approximate surface area is 174 Å². The summed E-state index contributed by atoms with van der Waals surface area (Å²) in [4.78, 5) is 34.9. The summed E-state index contributed by atoms with van der Waals surface area (Å²) in [5, 5.41) is 3.57. The van der Waals surface area contributed by atoms with Crippen LogP contribution >= 0.6 is 11.3 Å². The Balaban J connectivity index is 1.63. The molecular weight excluding hydrogens is 384 g/mol. The standard InChI is InChI=1S/C22H26N4O2S/c1-15-16(2)29-21-20(15)22(28)26(18(24-21)13-25-10-6-7-11-25)14-19(27)23-12-17-8-4-3-5-9-17/h3-5,8-9H,6-7,10-14H2,1-2H3,(H,23,27). The molecule has 6 nitrogen and oxygen atoms in total. The van der Waals surface area contributed by atoms with Crippen LogP contribution < -0.4 is 10.9 Å². The Kier molecular flexibility index (Phi) is 5.78. The number of rotatable bonds is 6. The number of thiophene rings is 1. The highest BCUT2D eigenvalue weighted by Gasteiger charge is 2.21. The number of carbonyl (C=O) groups is 1. The van der Waals surface area contributed by atoms with Crippen LogP contribution in [0.4, 0.5) is 0 Å². The summed E-state index contributed by atoms with van der Waals surface area (Å²) in [6, 6.07) is 9.77. The molecule has 1 aliphatic heterocycles. The lowest BCUT2D eigenvalue weighted by atomic mass is 10.2. The van der Waals surface area contributed by atoms with E-state index in [2.05, 4.69) is 10.2 Å². The molecule has 7 heteroatoms. The van der Waals surface area contributed by atoms with Gasteiger partial charge in [-0.25, -0.2) is 4.98 Å². The molecule has 1 N–H and O–H groups in total. The second-order valence-corrected chi connectivity index (χ2v) is 8.83. The third-order valence-corrected chi connectivity index (χ3v) is 6.67. The van der Waals surface area contributed by atoms with Crippen molar-refractivity contribution in [1.29, 1.82) is 0 Å². The zero-order chi connectivity index (χ0) is 20.4. The van der Waals surface area contributed by atoms with Gasteiger partial charge in [0.05, 0.1) is 11.9 Å². The molecule has 1 aliphatic rings. The summed E-state index contributed by atoms with van der Waals surface area (Å²) < 4.78 is 1.57. The van der Waals surface area contributed by atoms with Crippen LogP contribution in [0.2, 0.25) is 0 Å². The van der Waals surface area contributed by atoms with E-state index in [1.807, 2.05) is 44.2 Å². The lowest BCUT2D eigenvalue weighted by Crippen LogP contribution is -2.36. The maximum atomic E-state index is 13.3. The van der Waals surface area contributed by atoms with E-state index in [1.54, 1.807) is 15.9 Å². The quantitative estimate of drug-likeness (QED) is 0.678. The van der Waals surface area contributed by atoms with Crippen LogP contribution in [-0.2, 0) is 24.4 Å². The van der Waals surface area contributed by atoms with Crippen molar-refractivity contribution in [3.05, 3.63) is 62.5 Å². The van der Waals surface area contributed by atoms with E-state index >= 15 is 0 Å². The predicted molar refractivity (Wildman–Crippen MR) is 116 cm³/mol. The molecule has 1 aromatic carbocycles. The number of benzene rings is 1. The highest BCUT2D eigenvalue weighted by Crippen LogP contribution is 2.26. The van der Waals surface area contributed by atoms with Crippen LogP contribution in [-0.4, -0.2) is 33.4 Å². The second kappa shape index (κ2) is 8.47. The molecule has 3 heterocycles. The van der Waals surface area contributed by atoms with Crippen molar-refractivity contribution in [2.45, 2.75) is 46.3 Å². The number of fused-ring (bicyclic) bond motifs is 1. The lowest BCUT2D eigenvalue weighted by Gasteiger charge is -2.18. The third kappa shape index (κ3) is 4.26. The Morgan fingerprint density at radius 1 is 1.17 bits per heavy atom.